The summed E-state index contributed by atoms with van der Waals surface area (Å²) in [4.78, 5) is 30.6. The lowest BCUT2D eigenvalue weighted by Gasteiger charge is -2.17. The van der Waals surface area contributed by atoms with E-state index < -0.39 is 5.25 Å². The van der Waals surface area contributed by atoms with Crippen LogP contribution in [-0.4, -0.2) is 20.7 Å². The zero-order valence-electron chi connectivity index (χ0n) is 18.2. The number of amides is 1. The van der Waals surface area contributed by atoms with Crippen LogP contribution in [0, 0.1) is 19.8 Å². The number of carbonyl (C=O) groups excluding carboxylic acids is 1. The molecule has 1 amide bonds. The molecule has 5 nitrogen and oxygen atoms in total. The zero-order valence-corrected chi connectivity index (χ0v) is 19.0. The second-order valence-electron chi connectivity index (χ2n) is 8.12. The van der Waals surface area contributed by atoms with Gasteiger partial charge < -0.3 is 5.32 Å². The molecule has 1 aromatic heterocycles. The van der Waals surface area contributed by atoms with Gasteiger partial charge in [0.2, 0.25) is 5.91 Å². The number of hydrogen-bond donors (Lipinski definition) is 1. The number of aromatic nitrogens is 2. The number of anilines is 1. The highest BCUT2D eigenvalue weighted by atomic mass is 32.2. The summed E-state index contributed by atoms with van der Waals surface area (Å²) in [6.45, 7) is 10.7. The van der Waals surface area contributed by atoms with E-state index in [1.165, 1.54) is 11.8 Å². The third kappa shape index (κ3) is 5.11. The topological polar surface area (TPSA) is 64.0 Å². The van der Waals surface area contributed by atoms with E-state index in [1.54, 1.807) is 10.6 Å². The Balaban J connectivity index is 1.88. The Kier molecular flexibility index (Phi) is 6.98. The second-order valence-corrected chi connectivity index (χ2v) is 9.43. The summed E-state index contributed by atoms with van der Waals surface area (Å²) in [5.41, 5.74) is 3.60. The third-order valence-corrected chi connectivity index (χ3v) is 6.14. The zero-order chi connectivity index (χ0) is 21.8. The normalized spacial score (nSPS) is 12.3. The summed E-state index contributed by atoms with van der Waals surface area (Å²) < 4.78 is 1.72. The maximum Gasteiger partial charge on any atom is 0.262 e. The van der Waals surface area contributed by atoms with Gasteiger partial charge in [-0.25, -0.2) is 4.98 Å². The minimum atomic E-state index is -0.399. The number of nitrogens with zero attached hydrogens (tertiary/aromatic N) is 2. The van der Waals surface area contributed by atoms with E-state index in [1.807, 2.05) is 57.2 Å². The van der Waals surface area contributed by atoms with Crippen molar-refractivity contribution in [1.82, 2.24) is 9.55 Å². The molecule has 0 bridgehead atoms. The van der Waals surface area contributed by atoms with Crippen LogP contribution < -0.4 is 10.9 Å². The van der Waals surface area contributed by atoms with Crippen molar-refractivity contribution in [3.8, 4) is 0 Å². The molecule has 2 aromatic carbocycles. The Labute approximate surface area is 181 Å². The standard InChI is InChI=1S/C24H29N3O2S/c1-15(2)12-13-27-23(29)19-8-6-7-9-21(19)26-24(27)30-18(5)22(28)25-20-11-10-16(3)14-17(20)4/h6-11,14-15,18H,12-13H2,1-5H3,(H,25,28)/t18-/m1/s1. The van der Waals surface area contributed by atoms with E-state index in [-0.39, 0.29) is 11.5 Å². The predicted molar refractivity (Wildman–Crippen MR) is 125 cm³/mol. The fraction of sp³-hybridized carbons (Fsp3) is 0.375. The van der Waals surface area contributed by atoms with Crippen molar-refractivity contribution in [2.24, 2.45) is 5.92 Å². The van der Waals surface area contributed by atoms with E-state index in [0.717, 1.165) is 23.2 Å². The van der Waals surface area contributed by atoms with Crippen molar-refractivity contribution in [2.75, 3.05) is 5.32 Å². The summed E-state index contributed by atoms with van der Waals surface area (Å²) in [6.07, 6.45) is 0.872. The molecule has 0 radical (unpaired) electrons. The van der Waals surface area contributed by atoms with Crippen LogP contribution in [0.4, 0.5) is 5.69 Å². The Morgan fingerprint density at radius 3 is 2.57 bits per heavy atom. The minimum absolute atomic E-state index is 0.0502. The molecule has 1 atom stereocenters. The lowest BCUT2D eigenvalue weighted by molar-refractivity contribution is -0.115. The average molecular weight is 424 g/mol. The van der Waals surface area contributed by atoms with Gasteiger partial charge in [-0.3, -0.25) is 14.2 Å². The van der Waals surface area contributed by atoms with Crippen LogP contribution in [0.1, 0.15) is 38.3 Å². The van der Waals surface area contributed by atoms with Crippen molar-refractivity contribution in [1.29, 1.82) is 0 Å². The number of aryl methyl sites for hydroxylation is 2. The van der Waals surface area contributed by atoms with Gasteiger partial charge in [-0.2, -0.15) is 0 Å². The van der Waals surface area contributed by atoms with Gasteiger partial charge in [-0.1, -0.05) is 55.4 Å². The van der Waals surface area contributed by atoms with Crippen molar-refractivity contribution in [2.45, 2.75) is 58.0 Å². The summed E-state index contributed by atoms with van der Waals surface area (Å²) in [5.74, 6) is 0.358. The third-order valence-electron chi connectivity index (χ3n) is 5.05. The molecule has 0 fully saturated rings. The first kappa shape index (κ1) is 22.1. The summed E-state index contributed by atoms with van der Waals surface area (Å²) in [7, 11) is 0. The van der Waals surface area contributed by atoms with Gasteiger partial charge in [0.1, 0.15) is 0 Å². The average Bonchev–Trinajstić information content (AvgIpc) is 2.69. The number of benzene rings is 2. The molecule has 0 saturated heterocycles. The van der Waals surface area contributed by atoms with Crippen molar-refractivity contribution in [3.63, 3.8) is 0 Å². The van der Waals surface area contributed by atoms with Gasteiger partial charge in [-0.05, 0) is 56.9 Å². The molecular weight excluding hydrogens is 394 g/mol. The maximum absolute atomic E-state index is 13.1. The van der Waals surface area contributed by atoms with Crippen LogP contribution in [-0.2, 0) is 11.3 Å². The molecule has 0 aliphatic rings. The monoisotopic (exact) mass is 423 g/mol. The van der Waals surface area contributed by atoms with E-state index in [0.29, 0.717) is 28.5 Å². The Hall–Kier alpha value is -2.60. The minimum Gasteiger partial charge on any atom is -0.325 e. The van der Waals surface area contributed by atoms with E-state index in [2.05, 4.69) is 19.2 Å². The smallest absolute Gasteiger partial charge is 0.262 e. The number of rotatable bonds is 7. The van der Waals surface area contributed by atoms with Crippen molar-refractivity contribution >= 4 is 34.3 Å². The SMILES string of the molecule is Cc1ccc(NC(=O)[C@@H](C)Sc2nc3ccccc3c(=O)n2CCC(C)C)c(C)c1. The molecule has 1 N–H and O–H groups in total. The number of carbonyl (C=O) groups is 1. The molecule has 3 rings (SSSR count). The number of hydrogen-bond acceptors (Lipinski definition) is 4. The number of para-hydroxylation sites is 1. The van der Waals surface area contributed by atoms with Gasteiger partial charge in [0.25, 0.3) is 5.56 Å². The lowest BCUT2D eigenvalue weighted by atomic mass is 10.1. The molecule has 1 heterocycles. The molecule has 0 aliphatic carbocycles. The first-order valence-electron chi connectivity index (χ1n) is 10.3. The van der Waals surface area contributed by atoms with Crippen LogP contribution in [0.5, 0.6) is 0 Å². The van der Waals surface area contributed by atoms with Gasteiger partial charge >= 0.3 is 0 Å². The highest BCUT2D eigenvalue weighted by Crippen LogP contribution is 2.25. The Morgan fingerprint density at radius 1 is 1.13 bits per heavy atom. The molecule has 6 heteroatoms. The van der Waals surface area contributed by atoms with Gasteiger partial charge in [0, 0.05) is 12.2 Å². The molecule has 3 aromatic rings. The summed E-state index contributed by atoms with van der Waals surface area (Å²) >= 11 is 1.33. The highest BCUT2D eigenvalue weighted by molar-refractivity contribution is 8.00. The molecular formula is C24H29N3O2S. The lowest BCUT2D eigenvalue weighted by Crippen LogP contribution is -2.27. The Bertz CT molecular complexity index is 1120. The highest BCUT2D eigenvalue weighted by Gasteiger charge is 2.20. The number of thioether (sulfide) groups is 1. The summed E-state index contributed by atoms with van der Waals surface area (Å²) in [5, 5.41) is 3.80. The molecule has 158 valence electrons. The fourth-order valence-corrected chi connectivity index (χ4v) is 4.16. The molecule has 30 heavy (non-hydrogen) atoms. The van der Waals surface area contributed by atoms with Crippen LogP contribution in [0.2, 0.25) is 0 Å². The molecule has 0 unspecified atom stereocenters. The quantitative estimate of drug-likeness (QED) is 0.420. The number of nitrogens with one attached hydrogen (secondary N) is 1. The van der Waals surface area contributed by atoms with Crippen LogP contribution in [0.25, 0.3) is 10.9 Å². The van der Waals surface area contributed by atoms with Crippen LogP contribution in [0.15, 0.2) is 52.4 Å². The van der Waals surface area contributed by atoms with Gasteiger partial charge in [-0.15, -0.1) is 0 Å². The van der Waals surface area contributed by atoms with Gasteiger partial charge in [0.15, 0.2) is 5.16 Å². The largest absolute Gasteiger partial charge is 0.325 e. The van der Waals surface area contributed by atoms with E-state index >= 15 is 0 Å². The van der Waals surface area contributed by atoms with E-state index in [4.69, 9.17) is 4.98 Å². The second kappa shape index (κ2) is 9.47. The van der Waals surface area contributed by atoms with Crippen LogP contribution in [0.3, 0.4) is 0 Å². The first-order valence-corrected chi connectivity index (χ1v) is 11.2. The number of fused-ring (bicyclic) bond motifs is 1. The summed E-state index contributed by atoms with van der Waals surface area (Å²) in [6, 6.07) is 13.3. The maximum atomic E-state index is 13.1. The molecule has 0 spiro atoms. The van der Waals surface area contributed by atoms with Crippen LogP contribution >= 0.6 is 11.8 Å². The fourth-order valence-electron chi connectivity index (χ4n) is 3.22. The molecule has 0 aliphatic heterocycles. The van der Waals surface area contributed by atoms with E-state index in [9.17, 15) is 9.59 Å². The predicted octanol–water partition coefficient (Wildman–Crippen LogP) is 5.18. The van der Waals surface area contributed by atoms with Crippen molar-refractivity contribution in [3.05, 3.63) is 63.9 Å². The van der Waals surface area contributed by atoms with Gasteiger partial charge in [0.05, 0.1) is 16.2 Å². The van der Waals surface area contributed by atoms with Crippen molar-refractivity contribution < 1.29 is 4.79 Å². The molecule has 0 saturated carbocycles. The Morgan fingerprint density at radius 2 is 1.87 bits per heavy atom. The first-order chi connectivity index (χ1) is 14.3.